The predicted octanol–water partition coefficient (Wildman–Crippen LogP) is 2.82. The topological polar surface area (TPSA) is 145 Å². The van der Waals surface area contributed by atoms with Gasteiger partial charge in [0.25, 0.3) is 17.4 Å². The number of halogens is 1. The number of carbonyl (C=O) groups excluding carboxylic acids is 3. The van der Waals surface area contributed by atoms with E-state index in [0.29, 0.717) is 29.9 Å². The van der Waals surface area contributed by atoms with E-state index in [1.54, 1.807) is 43.5 Å². The van der Waals surface area contributed by atoms with Gasteiger partial charge in [-0.2, -0.15) is 0 Å². The largest absolute Gasteiger partial charge is 0.462 e. The van der Waals surface area contributed by atoms with Crippen LogP contribution in [0.2, 0.25) is 0 Å². The van der Waals surface area contributed by atoms with Gasteiger partial charge >= 0.3 is 5.97 Å². The second-order valence-electron chi connectivity index (χ2n) is 10.2. The molecule has 1 unspecified atom stereocenters. The highest BCUT2D eigenvalue weighted by atomic mass is 19.1. The molecule has 216 valence electrons. The van der Waals surface area contributed by atoms with Crippen molar-refractivity contribution in [2.75, 3.05) is 30.3 Å². The average Bonchev–Trinajstić information content (AvgIpc) is 3.65. The van der Waals surface area contributed by atoms with Crippen LogP contribution < -0.4 is 16.2 Å². The van der Waals surface area contributed by atoms with E-state index in [9.17, 15) is 23.6 Å². The van der Waals surface area contributed by atoms with Gasteiger partial charge in [0, 0.05) is 37.6 Å². The summed E-state index contributed by atoms with van der Waals surface area (Å²) in [6.07, 6.45) is 4.36. The number of aryl methyl sites for hydroxylation is 1. The van der Waals surface area contributed by atoms with Gasteiger partial charge in [-0.25, -0.2) is 18.7 Å². The monoisotopic (exact) mass is 573 g/mol. The molecule has 0 bridgehead atoms. The molecule has 0 spiro atoms. The number of ether oxygens (including phenoxy) is 1. The molecule has 4 aromatic rings. The number of anilines is 2. The fourth-order valence-corrected chi connectivity index (χ4v) is 5.73. The van der Waals surface area contributed by atoms with E-state index in [1.807, 2.05) is 4.90 Å². The van der Waals surface area contributed by atoms with Crippen molar-refractivity contribution in [2.24, 2.45) is 0 Å². The number of carbonyl (C=O) groups is 3. The fourth-order valence-electron chi connectivity index (χ4n) is 5.73. The molecule has 2 N–H and O–H groups in total. The molecule has 6 rings (SSSR count). The number of esters is 1. The van der Waals surface area contributed by atoms with Crippen LogP contribution in [0.15, 0.2) is 53.6 Å². The van der Waals surface area contributed by atoms with Crippen molar-refractivity contribution in [3.63, 3.8) is 0 Å². The number of aromatic nitrogens is 4. The van der Waals surface area contributed by atoms with E-state index in [-0.39, 0.29) is 66.1 Å². The van der Waals surface area contributed by atoms with Crippen LogP contribution in [0.1, 0.15) is 68.9 Å². The van der Waals surface area contributed by atoms with Gasteiger partial charge in [0.15, 0.2) is 11.5 Å². The summed E-state index contributed by atoms with van der Waals surface area (Å²) < 4.78 is 22.6. The zero-order chi connectivity index (χ0) is 29.5. The molecule has 1 saturated heterocycles. The Kier molecular flexibility index (Phi) is 6.93. The van der Waals surface area contributed by atoms with E-state index in [2.05, 4.69) is 10.1 Å². The van der Waals surface area contributed by atoms with Crippen LogP contribution in [0, 0.1) is 5.82 Å². The van der Waals surface area contributed by atoms with Crippen molar-refractivity contribution < 1.29 is 23.5 Å². The third kappa shape index (κ3) is 4.56. The number of amides is 2. The molecule has 12 nitrogen and oxygen atoms in total. The molecule has 1 fully saturated rings. The summed E-state index contributed by atoms with van der Waals surface area (Å²) in [5.74, 6) is -1.49. The molecular weight excluding hydrogens is 545 g/mol. The van der Waals surface area contributed by atoms with Gasteiger partial charge in [0.2, 0.25) is 0 Å². The first-order valence-electron chi connectivity index (χ1n) is 13.7. The Morgan fingerprint density at radius 3 is 2.57 bits per heavy atom. The maximum absolute atomic E-state index is 14.9. The van der Waals surface area contributed by atoms with E-state index in [1.165, 1.54) is 15.1 Å². The van der Waals surface area contributed by atoms with Crippen molar-refractivity contribution in [3.8, 4) is 0 Å². The Labute approximate surface area is 239 Å². The third-order valence-electron chi connectivity index (χ3n) is 7.62. The highest BCUT2D eigenvalue weighted by Gasteiger charge is 2.35. The number of nitrogens with two attached hydrogens (primary N) is 1. The van der Waals surface area contributed by atoms with Gasteiger partial charge in [0.05, 0.1) is 23.8 Å². The van der Waals surface area contributed by atoms with Crippen LogP contribution in [-0.4, -0.2) is 61.5 Å². The Hall–Kier alpha value is -5.07. The molecule has 2 amide bonds. The molecule has 0 aliphatic carbocycles. The number of nitrogens with zero attached hydrogens (tertiary/aromatic N) is 6. The molecule has 2 aliphatic rings. The number of hydrogen-bond donors (Lipinski definition) is 1. The summed E-state index contributed by atoms with van der Waals surface area (Å²) in [6.45, 7) is 2.62. The van der Waals surface area contributed by atoms with Crippen LogP contribution in [0.5, 0.6) is 0 Å². The van der Waals surface area contributed by atoms with Crippen LogP contribution in [0.25, 0.3) is 5.65 Å². The average molecular weight is 574 g/mol. The van der Waals surface area contributed by atoms with E-state index in [4.69, 9.17) is 10.5 Å². The maximum atomic E-state index is 14.9. The lowest BCUT2D eigenvalue weighted by Crippen LogP contribution is -2.34. The van der Waals surface area contributed by atoms with Crippen molar-refractivity contribution in [3.05, 3.63) is 87.2 Å². The lowest BCUT2D eigenvalue weighted by molar-refractivity contribution is 0.0528. The summed E-state index contributed by atoms with van der Waals surface area (Å²) in [6, 6.07) is 9.10. The first-order chi connectivity index (χ1) is 20.3. The molecule has 2 aliphatic heterocycles. The molecule has 0 radical (unpaired) electrons. The van der Waals surface area contributed by atoms with Gasteiger partial charge in [0.1, 0.15) is 17.2 Å². The summed E-state index contributed by atoms with van der Waals surface area (Å²) in [5.41, 5.74) is 6.86. The number of pyridine rings is 1. The molecule has 3 aromatic heterocycles. The Morgan fingerprint density at radius 1 is 1.12 bits per heavy atom. The molecular formula is C29H28FN7O5. The first kappa shape index (κ1) is 27.1. The number of hydrogen-bond acceptors (Lipinski definition) is 9. The SMILES string of the molecule is CCOC(=O)c1c(N)nn2ccc(N3CCCC3c3cc(F)cn(CCCN4C(=O)c5ccccc5C4=O)c3=O)nc12. The Bertz CT molecular complexity index is 1760. The fraction of sp³-hybridized carbons (Fsp3) is 0.310. The number of benzene rings is 1. The molecule has 5 heterocycles. The van der Waals surface area contributed by atoms with E-state index < -0.39 is 17.8 Å². The maximum Gasteiger partial charge on any atom is 0.345 e. The number of rotatable bonds is 8. The number of imide groups is 1. The first-order valence-corrected chi connectivity index (χ1v) is 13.7. The van der Waals surface area contributed by atoms with Gasteiger partial charge < -0.3 is 19.9 Å². The van der Waals surface area contributed by atoms with Crippen molar-refractivity contribution in [2.45, 2.75) is 38.8 Å². The van der Waals surface area contributed by atoms with Gasteiger partial charge in [-0.15, -0.1) is 5.10 Å². The van der Waals surface area contributed by atoms with Gasteiger partial charge in [-0.1, -0.05) is 12.1 Å². The van der Waals surface area contributed by atoms with E-state index in [0.717, 1.165) is 17.5 Å². The Balaban J connectivity index is 1.24. The van der Waals surface area contributed by atoms with Gasteiger partial charge in [-0.05, 0) is 50.5 Å². The summed E-state index contributed by atoms with van der Waals surface area (Å²) >= 11 is 0. The smallest absolute Gasteiger partial charge is 0.345 e. The third-order valence-corrected chi connectivity index (χ3v) is 7.62. The summed E-state index contributed by atoms with van der Waals surface area (Å²) in [5, 5.41) is 4.14. The number of nitrogen functional groups attached to an aromatic ring is 1. The van der Waals surface area contributed by atoms with Crippen LogP contribution in [0.3, 0.4) is 0 Å². The highest BCUT2D eigenvalue weighted by Crippen LogP contribution is 2.35. The molecule has 0 saturated carbocycles. The summed E-state index contributed by atoms with van der Waals surface area (Å²) in [4.78, 5) is 59.1. The minimum absolute atomic E-state index is 0.00898. The lowest BCUT2D eigenvalue weighted by Gasteiger charge is -2.26. The van der Waals surface area contributed by atoms with Crippen LogP contribution in [0.4, 0.5) is 16.0 Å². The predicted molar refractivity (Wildman–Crippen MR) is 150 cm³/mol. The molecule has 1 atom stereocenters. The Morgan fingerprint density at radius 2 is 1.86 bits per heavy atom. The zero-order valence-electron chi connectivity index (χ0n) is 22.8. The van der Waals surface area contributed by atoms with Gasteiger partial charge in [-0.3, -0.25) is 19.3 Å². The standard InChI is InChI=1S/C29H28FN7O5/c1-2-42-29(41)23-24(31)33-37-14-10-22(32-25(23)37)35-12-5-9-21(35)20-15-17(30)16-34(26(20)38)11-6-13-36-27(39)18-7-3-4-8-19(18)28(36)40/h3-4,7-8,10,14-16,21H,2,5-6,9,11-13H2,1H3,(H2,31,33). The quantitative estimate of drug-likeness (QED) is 0.248. The number of fused-ring (bicyclic) bond motifs is 2. The molecule has 42 heavy (non-hydrogen) atoms. The van der Waals surface area contributed by atoms with Crippen LogP contribution >= 0.6 is 0 Å². The normalized spacial score (nSPS) is 16.5. The molecule has 1 aromatic carbocycles. The zero-order valence-corrected chi connectivity index (χ0v) is 22.8. The van der Waals surface area contributed by atoms with Crippen molar-refractivity contribution in [1.29, 1.82) is 0 Å². The minimum Gasteiger partial charge on any atom is -0.462 e. The van der Waals surface area contributed by atoms with Crippen molar-refractivity contribution >= 4 is 35.1 Å². The van der Waals surface area contributed by atoms with Crippen molar-refractivity contribution in [1.82, 2.24) is 24.1 Å². The lowest BCUT2D eigenvalue weighted by atomic mass is 10.1. The summed E-state index contributed by atoms with van der Waals surface area (Å²) in [7, 11) is 0. The minimum atomic E-state index is -0.637. The molecule has 13 heteroatoms. The van der Waals surface area contributed by atoms with E-state index >= 15 is 0 Å². The second kappa shape index (κ2) is 10.7. The second-order valence-corrected chi connectivity index (χ2v) is 10.2. The van der Waals surface area contributed by atoms with Crippen LogP contribution in [-0.2, 0) is 11.3 Å². The highest BCUT2D eigenvalue weighted by molar-refractivity contribution is 6.21.